The average molecular weight is 255 g/mol. The fraction of sp³-hybridized carbons (Fsp3) is 0.267. The lowest BCUT2D eigenvalue weighted by Gasteiger charge is -2.05. The number of aryl methyl sites for hydroxylation is 1. The molecule has 98 valence electrons. The molecule has 4 nitrogen and oxygen atoms in total. The van der Waals surface area contributed by atoms with Crippen molar-refractivity contribution in [1.29, 1.82) is 0 Å². The number of nitrogens with one attached hydrogen (secondary N) is 1. The van der Waals surface area contributed by atoms with Crippen LogP contribution in [0.5, 0.6) is 0 Å². The van der Waals surface area contributed by atoms with Gasteiger partial charge in [0.25, 0.3) is 0 Å². The van der Waals surface area contributed by atoms with E-state index in [2.05, 4.69) is 27.8 Å². The highest BCUT2D eigenvalue weighted by molar-refractivity contribution is 5.42. The Balaban J connectivity index is 1.63. The van der Waals surface area contributed by atoms with E-state index in [0.29, 0.717) is 0 Å². The molecule has 4 heteroatoms. The second-order valence-electron chi connectivity index (χ2n) is 4.58. The Bertz CT molecular complexity index is 655. The summed E-state index contributed by atoms with van der Waals surface area (Å²) in [5.74, 6) is 1.02. The van der Waals surface area contributed by atoms with Gasteiger partial charge in [0.1, 0.15) is 11.4 Å². The molecule has 0 unspecified atom stereocenters. The van der Waals surface area contributed by atoms with Crippen LogP contribution in [-0.2, 0) is 13.0 Å². The molecular formula is C15H17N3O. The zero-order valence-electron chi connectivity index (χ0n) is 11.0. The van der Waals surface area contributed by atoms with E-state index in [1.807, 2.05) is 30.3 Å². The number of hydrogen-bond acceptors (Lipinski definition) is 3. The molecule has 0 saturated heterocycles. The van der Waals surface area contributed by atoms with Gasteiger partial charge >= 0.3 is 0 Å². The van der Waals surface area contributed by atoms with E-state index in [4.69, 9.17) is 4.42 Å². The van der Waals surface area contributed by atoms with Crippen molar-refractivity contribution >= 4 is 5.65 Å². The zero-order chi connectivity index (χ0) is 13.1. The number of pyridine rings is 1. The number of rotatable bonds is 5. The molecule has 3 rings (SSSR count). The molecule has 3 heterocycles. The molecule has 0 bridgehead atoms. The fourth-order valence-corrected chi connectivity index (χ4v) is 2.25. The Morgan fingerprint density at radius 1 is 1.26 bits per heavy atom. The minimum Gasteiger partial charge on any atom is -0.469 e. The van der Waals surface area contributed by atoms with Gasteiger partial charge in [-0.2, -0.15) is 0 Å². The lowest BCUT2D eigenvalue weighted by atomic mass is 10.3. The third-order valence-electron chi connectivity index (χ3n) is 3.25. The minimum absolute atomic E-state index is 0.817. The number of hydrogen-bond donors (Lipinski definition) is 1. The van der Waals surface area contributed by atoms with E-state index in [9.17, 15) is 0 Å². The van der Waals surface area contributed by atoms with Crippen LogP contribution in [0.25, 0.3) is 5.65 Å². The summed E-state index contributed by atoms with van der Waals surface area (Å²) in [5.41, 5.74) is 3.30. The summed E-state index contributed by atoms with van der Waals surface area (Å²) >= 11 is 0. The highest BCUT2D eigenvalue weighted by Crippen LogP contribution is 2.11. The molecule has 0 amide bonds. The predicted molar refractivity (Wildman–Crippen MR) is 74.0 cm³/mol. The van der Waals surface area contributed by atoms with Gasteiger partial charge in [0.2, 0.25) is 0 Å². The van der Waals surface area contributed by atoms with Crippen LogP contribution in [0, 0.1) is 6.92 Å². The van der Waals surface area contributed by atoms with Gasteiger partial charge in [-0.05, 0) is 31.2 Å². The van der Waals surface area contributed by atoms with E-state index in [-0.39, 0.29) is 0 Å². The molecule has 0 aromatic carbocycles. The van der Waals surface area contributed by atoms with Crippen LogP contribution in [-0.4, -0.2) is 15.9 Å². The van der Waals surface area contributed by atoms with E-state index in [1.54, 1.807) is 6.26 Å². The lowest BCUT2D eigenvalue weighted by molar-refractivity contribution is 0.498. The van der Waals surface area contributed by atoms with Crippen LogP contribution in [0.1, 0.15) is 17.1 Å². The molecule has 0 aliphatic heterocycles. The first-order valence-corrected chi connectivity index (χ1v) is 6.50. The number of fused-ring (bicyclic) bond motifs is 1. The first kappa shape index (κ1) is 12.0. The Hall–Kier alpha value is -2.07. The lowest BCUT2D eigenvalue weighted by Crippen LogP contribution is -2.18. The second kappa shape index (κ2) is 5.28. The van der Waals surface area contributed by atoms with Crippen molar-refractivity contribution < 1.29 is 4.42 Å². The number of imidazole rings is 1. The van der Waals surface area contributed by atoms with Crippen molar-refractivity contribution in [3.05, 3.63) is 59.9 Å². The van der Waals surface area contributed by atoms with Gasteiger partial charge in [-0.1, -0.05) is 6.07 Å². The number of furan rings is 1. The summed E-state index contributed by atoms with van der Waals surface area (Å²) in [5, 5.41) is 3.44. The Morgan fingerprint density at radius 3 is 3.05 bits per heavy atom. The highest BCUT2D eigenvalue weighted by atomic mass is 16.3. The zero-order valence-corrected chi connectivity index (χ0v) is 11.0. The molecule has 0 saturated carbocycles. The molecule has 0 aliphatic rings. The quantitative estimate of drug-likeness (QED) is 0.712. The van der Waals surface area contributed by atoms with Gasteiger partial charge in [-0.25, -0.2) is 4.98 Å². The van der Waals surface area contributed by atoms with Crippen LogP contribution >= 0.6 is 0 Å². The van der Waals surface area contributed by atoms with Gasteiger partial charge in [0, 0.05) is 25.7 Å². The summed E-state index contributed by atoms with van der Waals surface area (Å²) in [6, 6.07) is 9.99. The van der Waals surface area contributed by atoms with E-state index in [0.717, 1.165) is 36.6 Å². The fourth-order valence-electron chi connectivity index (χ4n) is 2.25. The molecule has 0 aliphatic carbocycles. The largest absolute Gasteiger partial charge is 0.469 e. The van der Waals surface area contributed by atoms with Gasteiger partial charge in [0.15, 0.2) is 0 Å². The summed E-state index contributed by atoms with van der Waals surface area (Å²) in [6.45, 7) is 3.77. The summed E-state index contributed by atoms with van der Waals surface area (Å²) in [4.78, 5) is 4.55. The van der Waals surface area contributed by atoms with E-state index in [1.165, 1.54) is 5.69 Å². The van der Waals surface area contributed by atoms with E-state index >= 15 is 0 Å². The van der Waals surface area contributed by atoms with E-state index < -0.39 is 0 Å². The SMILES string of the molecule is Cc1nc2ccccn2c1CNCCc1ccco1. The summed E-state index contributed by atoms with van der Waals surface area (Å²) < 4.78 is 7.44. The molecule has 19 heavy (non-hydrogen) atoms. The Morgan fingerprint density at radius 2 is 2.21 bits per heavy atom. The molecule has 0 radical (unpaired) electrons. The normalized spacial score (nSPS) is 11.2. The number of aromatic nitrogens is 2. The standard InChI is InChI=1S/C15H17N3O/c1-12-14(18-9-3-2-6-15(18)17-12)11-16-8-7-13-5-4-10-19-13/h2-6,9-10,16H,7-8,11H2,1H3. The van der Waals surface area contributed by atoms with Crippen LogP contribution in [0.3, 0.4) is 0 Å². The topological polar surface area (TPSA) is 42.5 Å². The molecule has 3 aromatic rings. The maximum absolute atomic E-state index is 5.31. The third kappa shape index (κ3) is 2.53. The van der Waals surface area contributed by atoms with Crippen molar-refractivity contribution in [3.63, 3.8) is 0 Å². The smallest absolute Gasteiger partial charge is 0.137 e. The van der Waals surface area contributed by atoms with Crippen molar-refractivity contribution in [3.8, 4) is 0 Å². The van der Waals surface area contributed by atoms with Crippen molar-refractivity contribution in [2.75, 3.05) is 6.54 Å². The van der Waals surface area contributed by atoms with Gasteiger partial charge in [0.05, 0.1) is 17.7 Å². The van der Waals surface area contributed by atoms with Gasteiger partial charge in [-0.3, -0.25) is 0 Å². The Labute approximate surface area is 112 Å². The van der Waals surface area contributed by atoms with Crippen molar-refractivity contribution in [2.24, 2.45) is 0 Å². The van der Waals surface area contributed by atoms with Crippen LogP contribution < -0.4 is 5.32 Å². The monoisotopic (exact) mass is 255 g/mol. The molecule has 0 atom stereocenters. The van der Waals surface area contributed by atoms with Gasteiger partial charge < -0.3 is 14.1 Å². The summed E-state index contributed by atoms with van der Waals surface area (Å²) in [7, 11) is 0. The molecule has 3 aromatic heterocycles. The van der Waals surface area contributed by atoms with Crippen molar-refractivity contribution in [1.82, 2.24) is 14.7 Å². The van der Waals surface area contributed by atoms with Gasteiger partial charge in [-0.15, -0.1) is 0 Å². The first-order chi connectivity index (χ1) is 9.34. The molecular weight excluding hydrogens is 238 g/mol. The van der Waals surface area contributed by atoms with Crippen molar-refractivity contribution in [2.45, 2.75) is 19.9 Å². The Kier molecular flexibility index (Phi) is 3.33. The molecule has 0 spiro atoms. The van der Waals surface area contributed by atoms with Crippen LogP contribution in [0.4, 0.5) is 0 Å². The first-order valence-electron chi connectivity index (χ1n) is 6.50. The number of nitrogens with zero attached hydrogens (tertiary/aromatic N) is 2. The minimum atomic E-state index is 0.817. The molecule has 1 N–H and O–H groups in total. The molecule has 0 fully saturated rings. The highest BCUT2D eigenvalue weighted by Gasteiger charge is 2.07. The second-order valence-corrected chi connectivity index (χ2v) is 4.58. The third-order valence-corrected chi connectivity index (χ3v) is 3.25. The maximum atomic E-state index is 5.31. The average Bonchev–Trinajstić information content (AvgIpc) is 3.02. The van der Waals surface area contributed by atoms with Crippen LogP contribution in [0.15, 0.2) is 47.2 Å². The predicted octanol–water partition coefficient (Wildman–Crippen LogP) is 2.57. The summed E-state index contributed by atoms with van der Waals surface area (Å²) in [6.07, 6.45) is 4.67. The maximum Gasteiger partial charge on any atom is 0.137 e. The van der Waals surface area contributed by atoms with Crippen LogP contribution in [0.2, 0.25) is 0 Å².